The van der Waals surface area contributed by atoms with Crippen molar-refractivity contribution in [2.75, 3.05) is 11.9 Å². The third-order valence-electron chi connectivity index (χ3n) is 4.89. The van der Waals surface area contributed by atoms with E-state index in [0.29, 0.717) is 6.07 Å². The zero-order valence-corrected chi connectivity index (χ0v) is 15.0. The summed E-state index contributed by atoms with van der Waals surface area (Å²) in [7, 11) is 0. The van der Waals surface area contributed by atoms with E-state index < -0.39 is 23.6 Å². The predicted molar refractivity (Wildman–Crippen MR) is 102 cm³/mol. The lowest BCUT2D eigenvalue weighted by molar-refractivity contribution is -0.138. The maximum atomic E-state index is 12.9. The van der Waals surface area contributed by atoms with Crippen LogP contribution in [0.1, 0.15) is 22.6 Å². The normalized spacial score (nSPS) is 12.9. The summed E-state index contributed by atoms with van der Waals surface area (Å²) in [5.74, 6) is -1.06. The van der Waals surface area contributed by atoms with Crippen LogP contribution in [0.4, 0.5) is 23.7 Å². The van der Waals surface area contributed by atoms with E-state index in [4.69, 9.17) is 4.74 Å². The van der Waals surface area contributed by atoms with Gasteiger partial charge in [-0.3, -0.25) is 5.32 Å². The Kier molecular flexibility index (Phi) is 4.66. The highest BCUT2D eigenvalue weighted by Crippen LogP contribution is 2.44. The van der Waals surface area contributed by atoms with Crippen LogP contribution in [-0.4, -0.2) is 17.8 Å². The van der Waals surface area contributed by atoms with Crippen molar-refractivity contribution in [3.63, 3.8) is 0 Å². The van der Waals surface area contributed by atoms with Crippen molar-refractivity contribution in [1.29, 1.82) is 0 Å². The summed E-state index contributed by atoms with van der Waals surface area (Å²) in [6.07, 6.45) is -5.60. The Morgan fingerprint density at radius 2 is 1.55 bits per heavy atom. The average molecular weight is 399 g/mol. The third kappa shape index (κ3) is 3.63. The van der Waals surface area contributed by atoms with Gasteiger partial charge in [-0.1, -0.05) is 48.5 Å². The number of alkyl halides is 3. The van der Waals surface area contributed by atoms with Gasteiger partial charge in [0.2, 0.25) is 0 Å². The van der Waals surface area contributed by atoms with Crippen molar-refractivity contribution in [3.8, 4) is 16.9 Å². The van der Waals surface area contributed by atoms with Crippen LogP contribution in [-0.2, 0) is 10.9 Å². The van der Waals surface area contributed by atoms with Gasteiger partial charge in [0.25, 0.3) is 0 Å². The molecule has 7 heteroatoms. The minimum Gasteiger partial charge on any atom is -0.507 e. The second-order valence-corrected chi connectivity index (χ2v) is 6.68. The molecule has 1 aliphatic carbocycles. The van der Waals surface area contributed by atoms with Gasteiger partial charge in [-0.25, -0.2) is 4.79 Å². The summed E-state index contributed by atoms with van der Waals surface area (Å²) < 4.78 is 44.0. The first-order valence-corrected chi connectivity index (χ1v) is 8.87. The predicted octanol–water partition coefficient (Wildman–Crippen LogP) is 5.77. The zero-order valence-electron chi connectivity index (χ0n) is 15.0. The van der Waals surface area contributed by atoms with E-state index in [9.17, 15) is 23.1 Å². The number of rotatable bonds is 3. The van der Waals surface area contributed by atoms with E-state index in [-0.39, 0.29) is 18.2 Å². The molecule has 0 unspecified atom stereocenters. The molecular formula is C22H16F3NO3. The number of nitrogens with one attached hydrogen (secondary N) is 1. The molecular weight excluding hydrogens is 383 g/mol. The average Bonchev–Trinajstić information content (AvgIpc) is 3.01. The molecule has 0 saturated heterocycles. The topological polar surface area (TPSA) is 58.6 Å². The van der Waals surface area contributed by atoms with Gasteiger partial charge in [0.05, 0.1) is 5.56 Å². The molecule has 0 fully saturated rings. The lowest BCUT2D eigenvalue weighted by Crippen LogP contribution is -2.18. The molecule has 0 atom stereocenters. The second-order valence-electron chi connectivity index (χ2n) is 6.68. The minimum atomic E-state index is -4.73. The van der Waals surface area contributed by atoms with Crippen molar-refractivity contribution in [2.45, 2.75) is 12.1 Å². The number of carbonyl (C=O) groups excluding carboxylic acids is 1. The molecule has 0 aliphatic heterocycles. The molecule has 3 aromatic rings. The molecule has 0 radical (unpaired) electrons. The largest absolute Gasteiger partial charge is 0.507 e. The van der Waals surface area contributed by atoms with Gasteiger partial charge in [-0.2, -0.15) is 13.2 Å². The molecule has 29 heavy (non-hydrogen) atoms. The summed E-state index contributed by atoms with van der Waals surface area (Å²) in [5, 5.41) is 11.7. The summed E-state index contributed by atoms with van der Waals surface area (Å²) in [6, 6.07) is 18.4. The van der Waals surface area contributed by atoms with Crippen LogP contribution >= 0.6 is 0 Å². The number of ether oxygens (including phenoxy) is 1. The van der Waals surface area contributed by atoms with Crippen molar-refractivity contribution >= 4 is 11.8 Å². The number of phenols is 1. The quantitative estimate of drug-likeness (QED) is 0.550. The molecule has 1 amide bonds. The zero-order chi connectivity index (χ0) is 20.6. The van der Waals surface area contributed by atoms with Crippen molar-refractivity contribution in [1.82, 2.24) is 0 Å². The summed E-state index contributed by atoms with van der Waals surface area (Å²) >= 11 is 0. The molecule has 0 heterocycles. The van der Waals surface area contributed by atoms with Gasteiger partial charge in [0.15, 0.2) is 0 Å². The Balaban J connectivity index is 1.49. The van der Waals surface area contributed by atoms with Gasteiger partial charge in [-0.15, -0.1) is 0 Å². The first kappa shape index (κ1) is 18.9. The Morgan fingerprint density at radius 3 is 2.14 bits per heavy atom. The summed E-state index contributed by atoms with van der Waals surface area (Å²) in [5.41, 5.74) is 2.87. The molecule has 1 aliphatic rings. The highest BCUT2D eigenvalue weighted by atomic mass is 19.4. The first-order chi connectivity index (χ1) is 13.8. The smallest absolute Gasteiger partial charge is 0.420 e. The molecule has 4 rings (SSSR count). The lowest BCUT2D eigenvalue weighted by Gasteiger charge is -2.15. The molecule has 4 nitrogen and oxygen atoms in total. The van der Waals surface area contributed by atoms with E-state index in [1.807, 2.05) is 48.5 Å². The summed E-state index contributed by atoms with van der Waals surface area (Å²) in [4.78, 5) is 12.2. The number of hydrogen-bond acceptors (Lipinski definition) is 3. The Hall–Kier alpha value is -3.48. The van der Waals surface area contributed by atoms with Crippen LogP contribution in [0.2, 0.25) is 0 Å². The number of anilines is 1. The van der Waals surface area contributed by atoms with Gasteiger partial charge >= 0.3 is 12.3 Å². The fourth-order valence-corrected chi connectivity index (χ4v) is 3.59. The third-order valence-corrected chi connectivity index (χ3v) is 4.89. The monoisotopic (exact) mass is 399 g/mol. The minimum absolute atomic E-state index is 0.0457. The van der Waals surface area contributed by atoms with Crippen LogP contribution in [0.25, 0.3) is 11.1 Å². The fraction of sp³-hybridized carbons (Fsp3) is 0.136. The number of benzene rings is 3. The van der Waals surface area contributed by atoms with Gasteiger partial charge in [-0.05, 0) is 40.5 Å². The lowest BCUT2D eigenvalue weighted by atomic mass is 9.98. The number of amides is 1. The van der Waals surface area contributed by atoms with E-state index in [2.05, 4.69) is 5.32 Å². The van der Waals surface area contributed by atoms with Crippen LogP contribution in [0.3, 0.4) is 0 Å². The number of aromatic hydroxyl groups is 1. The number of halogens is 3. The number of hydrogen-bond donors (Lipinski definition) is 2. The summed E-state index contributed by atoms with van der Waals surface area (Å²) in [6.45, 7) is 0.0457. The van der Waals surface area contributed by atoms with Gasteiger partial charge < -0.3 is 9.84 Å². The van der Waals surface area contributed by atoms with Crippen LogP contribution in [0.5, 0.6) is 5.75 Å². The second kappa shape index (κ2) is 7.16. The van der Waals surface area contributed by atoms with Crippen molar-refractivity contribution < 1.29 is 27.8 Å². The molecule has 3 aromatic carbocycles. The van der Waals surface area contributed by atoms with E-state index in [1.165, 1.54) is 6.07 Å². The highest BCUT2D eigenvalue weighted by Gasteiger charge is 2.34. The fourth-order valence-electron chi connectivity index (χ4n) is 3.59. The number of carbonyl (C=O) groups is 1. The van der Waals surface area contributed by atoms with Gasteiger partial charge in [0, 0.05) is 11.6 Å². The van der Waals surface area contributed by atoms with Crippen LogP contribution in [0.15, 0.2) is 66.7 Å². The standard InChI is InChI=1S/C22H16F3NO3/c23-22(24,25)19-11-13(9-10-20(19)27)26-21(28)29-12-18-16-7-3-1-5-14(16)15-6-2-4-8-17(15)18/h1-11,18,27H,12H2,(H,26,28). The maximum absolute atomic E-state index is 12.9. The molecule has 0 aromatic heterocycles. The van der Waals surface area contributed by atoms with Crippen molar-refractivity contribution in [2.24, 2.45) is 0 Å². The number of fused-ring (bicyclic) bond motifs is 3. The molecule has 0 spiro atoms. The molecule has 2 N–H and O–H groups in total. The van der Waals surface area contributed by atoms with E-state index in [1.54, 1.807) is 0 Å². The molecule has 0 bridgehead atoms. The Bertz CT molecular complexity index is 1030. The maximum Gasteiger partial charge on any atom is 0.420 e. The van der Waals surface area contributed by atoms with Crippen LogP contribution < -0.4 is 5.32 Å². The Labute approximate surface area is 164 Å². The SMILES string of the molecule is O=C(Nc1ccc(O)c(C(F)(F)F)c1)OCC1c2ccccc2-c2ccccc21. The van der Waals surface area contributed by atoms with E-state index >= 15 is 0 Å². The highest BCUT2D eigenvalue weighted by molar-refractivity contribution is 5.85. The van der Waals surface area contributed by atoms with E-state index in [0.717, 1.165) is 28.3 Å². The van der Waals surface area contributed by atoms with Crippen LogP contribution in [0, 0.1) is 0 Å². The van der Waals surface area contributed by atoms with Gasteiger partial charge in [0.1, 0.15) is 12.4 Å². The first-order valence-electron chi connectivity index (χ1n) is 8.87. The Morgan fingerprint density at radius 1 is 0.966 bits per heavy atom. The van der Waals surface area contributed by atoms with Crippen molar-refractivity contribution in [3.05, 3.63) is 83.4 Å². The number of phenolic OH excluding ortho intramolecular Hbond substituents is 1. The molecule has 0 saturated carbocycles. The molecule has 148 valence electrons.